The lowest BCUT2D eigenvalue weighted by Gasteiger charge is -2.32. The zero-order chi connectivity index (χ0) is 17.6. The minimum absolute atomic E-state index is 0.0752. The molecule has 0 radical (unpaired) electrons. The van der Waals surface area contributed by atoms with Gasteiger partial charge in [-0.2, -0.15) is 0 Å². The zero-order valence-corrected chi connectivity index (χ0v) is 14.8. The summed E-state index contributed by atoms with van der Waals surface area (Å²) in [7, 11) is 0. The highest BCUT2D eigenvalue weighted by Crippen LogP contribution is 2.21. The normalized spacial score (nSPS) is 17.5. The van der Waals surface area contributed by atoms with E-state index in [1.54, 1.807) is 12.7 Å². The molecule has 1 aliphatic heterocycles. The maximum Gasteiger partial charge on any atom is 0.321 e. The monoisotopic (exact) mass is 343 g/mol. The quantitative estimate of drug-likeness (QED) is 0.906. The molecule has 1 fully saturated rings. The molecule has 1 atom stereocenters. The van der Waals surface area contributed by atoms with Crippen LogP contribution in [0.2, 0.25) is 0 Å². The number of hydrogen-bond acceptors (Lipinski definition) is 4. The van der Waals surface area contributed by atoms with Crippen molar-refractivity contribution in [2.24, 2.45) is 0 Å². The fourth-order valence-corrected chi connectivity index (χ4v) is 2.98. The number of nitrogens with zero attached hydrogens (tertiary/aromatic N) is 4. The number of anilines is 1. The molecule has 7 nitrogen and oxygen atoms in total. The number of likely N-dealkylation sites (tertiary alicyclic amines) is 1. The molecule has 2 amide bonds. The Morgan fingerprint density at radius 2 is 2.16 bits per heavy atom. The molecule has 1 aliphatic rings. The standard InChI is InChI=1S/C18H25N5O2/c1-3-9-25-16-5-4-8-22(11-16)18(24)21-17-10-15(7-6-14(17)2)23-12-19-20-13-23/h6-7,10,12-13,16H,3-5,8-9,11H2,1-2H3,(H,21,24). The fraction of sp³-hybridized carbons (Fsp3) is 0.500. The van der Waals surface area contributed by atoms with Crippen molar-refractivity contribution in [3.63, 3.8) is 0 Å². The van der Waals surface area contributed by atoms with Crippen LogP contribution in [-0.4, -0.2) is 51.5 Å². The molecule has 3 rings (SSSR count). The number of ether oxygens (including phenoxy) is 1. The maximum absolute atomic E-state index is 12.7. The molecule has 7 heteroatoms. The van der Waals surface area contributed by atoms with E-state index in [0.717, 1.165) is 49.4 Å². The van der Waals surface area contributed by atoms with Gasteiger partial charge in [-0.3, -0.25) is 4.57 Å². The topological polar surface area (TPSA) is 72.3 Å². The molecule has 2 heterocycles. The Balaban J connectivity index is 1.67. The minimum atomic E-state index is -0.0752. The molecule has 0 spiro atoms. The lowest BCUT2D eigenvalue weighted by atomic mass is 10.1. The van der Waals surface area contributed by atoms with E-state index >= 15 is 0 Å². The van der Waals surface area contributed by atoms with Crippen molar-refractivity contribution in [3.8, 4) is 5.69 Å². The third-order valence-electron chi connectivity index (χ3n) is 4.40. The van der Waals surface area contributed by atoms with Gasteiger partial charge in [0, 0.05) is 25.4 Å². The van der Waals surface area contributed by atoms with Crippen molar-refractivity contribution in [1.29, 1.82) is 0 Å². The Bertz CT molecular complexity index is 701. The number of benzene rings is 1. The van der Waals surface area contributed by atoms with Crippen molar-refractivity contribution in [2.75, 3.05) is 25.0 Å². The van der Waals surface area contributed by atoms with E-state index in [-0.39, 0.29) is 12.1 Å². The van der Waals surface area contributed by atoms with Gasteiger partial charge < -0.3 is 15.0 Å². The lowest BCUT2D eigenvalue weighted by Crippen LogP contribution is -2.45. The first kappa shape index (κ1) is 17.4. The highest BCUT2D eigenvalue weighted by Gasteiger charge is 2.24. The molecule has 2 aromatic rings. The average molecular weight is 343 g/mol. The average Bonchev–Trinajstić information content (AvgIpc) is 3.16. The van der Waals surface area contributed by atoms with Gasteiger partial charge in [0.25, 0.3) is 0 Å². The molecule has 134 valence electrons. The van der Waals surface area contributed by atoms with Crippen LogP contribution < -0.4 is 5.32 Å². The SMILES string of the molecule is CCCOC1CCCN(C(=O)Nc2cc(-n3cnnc3)ccc2C)C1. The molecular weight excluding hydrogens is 318 g/mol. The Morgan fingerprint density at radius 1 is 1.36 bits per heavy atom. The third-order valence-corrected chi connectivity index (χ3v) is 4.40. The van der Waals surface area contributed by atoms with Crippen molar-refractivity contribution >= 4 is 11.7 Å². The highest BCUT2D eigenvalue weighted by atomic mass is 16.5. The van der Waals surface area contributed by atoms with Crippen molar-refractivity contribution < 1.29 is 9.53 Å². The Hall–Kier alpha value is -2.41. The number of hydrogen-bond donors (Lipinski definition) is 1. The highest BCUT2D eigenvalue weighted by molar-refractivity contribution is 5.90. The van der Waals surface area contributed by atoms with E-state index in [1.165, 1.54) is 0 Å². The van der Waals surface area contributed by atoms with Crippen molar-refractivity contribution in [1.82, 2.24) is 19.7 Å². The first-order valence-electron chi connectivity index (χ1n) is 8.80. The molecule has 25 heavy (non-hydrogen) atoms. The van der Waals surface area contributed by atoms with E-state index in [0.29, 0.717) is 6.54 Å². The van der Waals surface area contributed by atoms with Crippen LogP contribution in [0.15, 0.2) is 30.9 Å². The van der Waals surface area contributed by atoms with Crippen LogP contribution in [0.25, 0.3) is 5.69 Å². The molecule has 0 saturated carbocycles. The fourth-order valence-electron chi connectivity index (χ4n) is 2.98. The van der Waals surface area contributed by atoms with E-state index in [1.807, 2.05) is 34.6 Å². The predicted molar refractivity (Wildman–Crippen MR) is 96.0 cm³/mol. The van der Waals surface area contributed by atoms with Crippen LogP contribution >= 0.6 is 0 Å². The maximum atomic E-state index is 12.7. The molecule has 1 aromatic heterocycles. The second-order valence-electron chi connectivity index (χ2n) is 6.38. The number of nitrogens with one attached hydrogen (secondary N) is 1. The summed E-state index contributed by atoms with van der Waals surface area (Å²) in [5, 5.41) is 10.7. The summed E-state index contributed by atoms with van der Waals surface area (Å²) in [6.45, 7) is 6.24. The number of urea groups is 1. The summed E-state index contributed by atoms with van der Waals surface area (Å²) in [6.07, 6.45) is 6.40. The van der Waals surface area contributed by atoms with Gasteiger partial charge in [-0.1, -0.05) is 13.0 Å². The zero-order valence-electron chi connectivity index (χ0n) is 14.8. The van der Waals surface area contributed by atoms with Crippen LogP contribution in [0.5, 0.6) is 0 Å². The Labute approximate surface area is 148 Å². The van der Waals surface area contributed by atoms with Gasteiger partial charge in [0.15, 0.2) is 0 Å². The summed E-state index contributed by atoms with van der Waals surface area (Å²) < 4.78 is 7.63. The van der Waals surface area contributed by atoms with Gasteiger partial charge in [0.1, 0.15) is 12.7 Å². The summed E-state index contributed by atoms with van der Waals surface area (Å²) in [5.41, 5.74) is 2.72. The summed E-state index contributed by atoms with van der Waals surface area (Å²) >= 11 is 0. The van der Waals surface area contributed by atoms with Crippen molar-refractivity contribution in [2.45, 2.75) is 39.2 Å². The molecule has 1 unspecified atom stereocenters. The number of rotatable bonds is 5. The molecule has 1 saturated heterocycles. The molecule has 1 N–H and O–H groups in total. The smallest absolute Gasteiger partial charge is 0.321 e. The number of carbonyl (C=O) groups is 1. The summed E-state index contributed by atoms with van der Waals surface area (Å²) in [5.74, 6) is 0. The third kappa shape index (κ3) is 4.36. The van der Waals surface area contributed by atoms with Gasteiger partial charge >= 0.3 is 6.03 Å². The number of aromatic nitrogens is 3. The second-order valence-corrected chi connectivity index (χ2v) is 6.38. The van der Waals surface area contributed by atoms with Gasteiger partial charge in [0.05, 0.1) is 11.8 Å². The summed E-state index contributed by atoms with van der Waals surface area (Å²) in [6, 6.07) is 5.82. The van der Waals surface area contributed by atoms with Crippen LogP contribution in [0, 0.1) is 6.92 Å². The van der Waals surface area contributed by atoms with Gasteiger partial charge in [-0.25, -0.2) is 4.79 Å². The first-order valence-corrected chi connectivity index (χ1v) is 8.80. The van der Waals surface area contributed by atoms with E-state index in [9.17, 15) is 4.79 Å². The first-order chi connectivity index (χ1) is 12.2. The number of carbonyl (C=O) groups excluding carboxylic acids is 1. The van der Waals surface area contributed by atoms with Crippen molar-refractivity contribution in [3.05, 3.63) is 36.4 Å². The van der Waals surface area contributed by atoms with Crippen LogP contribution in [0.1, 0.15) is 31.7 Å². The van der Waals surface area contributed by atoms with Gasteiger partial charge in [-0.15, -0.1) is 10.2 Å². The van der Waals surface area contributed by atoms with Crippen LogP contribution in [0.4, 0.5) is 10.5 Å². The van der Waals surface area contributed by atoms with Gasteiger partial charge in [0.2, 0.25) is 0 Å². The lowest BCUT2D eigenvalue weighted by molar-refractivity contribution is 0.0115. The number of amides is 2. The van der Waals surface area contributed by atoms with Crippen LogP contribution in [0.3, 0.4) is 0 Å². The summed E-state index contributed by atoms with van der Waals surface area (Å²) in [4.78, 5) is 14.5. The van der Waals surface area contributed by atoms with Crippen LogP contribution in [-0.2, 0) is 4.74 Å². The number of aryl methyl sites for hydroxylation is 1. The second kappa shape index (κ2) is 8.11. The molecule has 1 aromatic carbocycles. The Morgan fingerprint density at radius 3 is 2.92 bits per heavy atom. The van der Waals surface area contributed by atoms with E-state index < -0.39 is 0 Å². The Kier molecular flexibility index (Phi) is 5.65. The van der Waals surface area contributed by atoms with Gasteiger partial charge in [-0.05, 0) is 43.9 Å². The minimum Gasteiger partial charge on any atom is -0.376 e. The molecular formula is C18H25N5O2. The number of piperidine rings is 1. The largest absolute Gasteiger partial charge is 0.376 e. The molecule has 0 aliphatic carbocycles. The van der Waals surface area contributed by atoms with E-state index in [4.69, 9.17) is 4.74 Å². The molecule has 0 bridgehead atoms. The van der Waals surface area contributed by atoms with E-state index in [2.05, 4.69) is 22.4 Å². The predicted octanol–water partition coefficient (Wildman–Crippen LogP) is 3.00.